The van der Waals surface area contributed by atoms with E-state index in [0.717, 1.165) is 128 Å². The van der Waals surface area contributed by atoms with E-state index in [1.165, 1.54) is 25.7 Å². The molecule has 0 radical (unpaired) electrons. The topological polar surface area (TPSA) is 175 Å². The Bertz CT molecular complexity index is 1800. The first kappa shape index (κ1) is 70.1. The van der Waals surface area contributed by atoms with Crippen molar-refractivity contribution < 1.29 is 58.2 Å². The van der Waals surface area contributed by atoms with Crippen molar-refractivity contribution in [2.75, 3.05) is 13.2 Å². The van der Waals surface area contributed by atoms with Crippen molar-refractivity contribution >= 4 is 23.9 Å². The van der Waals surface area contributed by atoms with Crippen LogP contribution in [-0.4, -0.2) is 89.2 Å². The lowest BCUT2D eigenvalue weighted by Crippen LogP contribution is -2.61. The Morgan fingerprint density at radius 3 is 1.30 bits per heavy atom. The van der Waals surface area contributed by atoms with Gasteiger partial charge < -0.3 is 39.0 Å². The zero-order chi connectivity index (χ0) is 56.1. The molecular weight excluding hydrogens is 973 g/mol. The molecule has 12 nitrogen and oxygen atoms in total. The number of allylic oxidation sites excluding steroid dienone is 20. The molecule has 0 spiro atoms. The maximum absolute atomic E-state index is 13.1. The normalized spacial score (nSPS) is 18.9. The molecular formula is C65H102O12. The molecule has 0 aromatic heterocycles. The Hall–Kier alpha value is -4.88. The van der Waals surface area contributed by atoms with Gasteiger partial charge >= 0.3 is 23.9 Å². The van der Waals surface area contributed by atoms with Crippen LogP contribution in [0.4, 0.5) is 0 Å². The van der Waals surface area contributed by atoms with Gasteiger partial charge in [0, 0.05) is 19.3 Å². The number of carbonyl (C=O) groups is 4. The summed E-state index contributed by atoms with van der Waals surface area (Å²) in [7, 11) is 0. The van der Waals surface area contributed by atoms with Gasteiger partial charge in [-0.1, -0.05) is 187 Å². The molecule has 0 saturated carbocycles. The molecule has 0 aromatic carbocycles. The molecule has 1 saturated heterocycles. The molecule has 6 atom stereocenters. The summed E-state index contributed by atoms with van der Waals surface area (Å²) in [4.78, 5) is 51.1. The number of aliphatic hydroxyl groups excluding tert-OH is 2. The van der Waals surface area contributed by atoms with Crippen molar-refractivity contribution in [2.45, 2.75) is 250 Å². The monoisotopic (exact) mass is 1070 g/mol. The van der Waals surface area contributed by atoms with Gasteiger partial charge in [0.1, 0.15) is 18.8 Å². The Kier molecular flexibility index (Phi) is 47.2. The summed E-state index contributed by atoms with van der Waals surface area (Å²) >= 11 is 0. The van der Waals surface area contributed by atoms with Crippen molar-refractivity contribution in [3.63, 3.8) is 0 Å². The molecule has 1 fully saturated rings. The fourth-order valence-electron chi connectivity index (χ4n) is 8.02. The highest BCUT2D eigenvalue weighted by molar-refractivity contribution is 5.74. The molecule has 434 valence electrons. The van der Waals surface area contributed by atoms with Gasteiger partial charge in [0.25, 0.3) is 0 Å². The standard InChI is InChI=1S/C65H102O12/c1-4-7-10-13-16-19-22-25-27-28-29-30-32-35-38-41-44-47-50-53-59(68)76-63-61(70)60(69)62(64(71)72)77-65(63)74-55-56(75-58(67)52-49-46-43-40-37-33-24-21-18-15-12-9-6-3)54-73-57(66)51-48-45-42-39-36-34-31-26-23-20-17-14-11-8-5-2/h7-8,10-11,16-17,19-21,24-27,29-31,35-36,38-39,56,60-63,65,69-70H,4-6,9,12-15,18,22-23,28,32-34,37,40-55H2,1-3H3,(H,71,72)/b10-7-,11-8-,19-16-,20-17-,24-21-,27-25-,30-29-,31-26-,38-35-,39-36-. The van der Waals surface area contributed by atoms with Crippen molar-refractivity contribution in [1.29, 1.82) is 0 Å². The minimum Gasteiger partial charge on any atom is -0.479 e. The van der Waals surface area contributed by atoms with Gasteiger partial charge in [0.15, 0.2) is 24.6 Å². The minimum atomic E-state index is -1.93. The van der Waals surface area contributed by atoms with E-state index in [1.807, 2.05) is 0 Å². The number of ether oxygens (including phenoxy) is 5. The third-order valence-electron chi connectivity index (χ3n) is 12.5. The SMILES string of the molecule is CC/C=C\C/C=C\C/C=C\C/C=C\C/C=C\CCCCCC(=O)OC1C(OCC(COC(=O)CCCC/C=C\C/C=C\C/C=C\C/C=C\CC)OC(=O)CCCCCCC/C=C\CCCCCC)OC(C(=O)O)C(O)C1O. The van der Waals surface area contributed by atoms with Crippen LogP contribution in [0, 0.1) is 0 Å². The number of hydrogen-bond acceptors (Lipinski definition) is 11. The number of carboxylic acids is 1. The van der Waals surface area contributed by atoms with Crippen LogP contribution in [0.25, 0.3) is 0 Å². The third kappa shape index (κ3) is 41.8. The second-order valence-electron chi connectivity index (χ2n) is 19.5. The molecule has 0 aromatic rings. The predicted molar refractivity (Wildman–Crippen MR) is 312 cm³/mol. The van der Waals surface area contributed by atoms with Crippen molar-refractivity contribution in [3.05, 3.63) is 122 Å². The first-order valence-electron chi connectivity index (χ1n) is 29.5. The van der Waals surface area contributed by atoms with E-state index in [0.29, 0.717) is 19.3 Å². The second kappa shape index (κ2) is 51.9. The maximum Gasteiger partial charge on any atom is 0.335 e. The molecule has 1 aliphatic rings. The van der Waals surface area contributed by atoms with Crippen LogP contribution in [0.5, 0.6) is 0 Å². The molecule has 3 N–H and O–H groups in total. The number of rotatable bonds is 48. The summed E-state index contributed by atoms with van der Waals surface area (Å²) < 4.78 is 28.3. The van der Waals surface area contributed by atoms with Gasteiger partial charge in [-0.15, -0.1) is 0 Å². The van der Waals surface area contributed by atoms with Crippen LogP contribution >= 0.6 is 0 Å². The Morgan fingerprint density at radius 1 is 0.442 bits per heavy atom. The molecule has 12 heteroatoms. The van der Waals surface area contributed by atoms with Crippen LogP contribution in [0.15, 0.2) is 122 Å². The highest BCUT2D eigenvalue weighted by Gasteiger charge is 2.50. The molecule has 1 rings (SSSR count). The van der Waals surface area contributed by atoms with Crippen LogP contribution in [-0.2, 0) is 42.9 Å². The summed E-state index contributed by atoms with van der Waals surface area (Å²) in [6.45, 7) is 5.68. The first-order chi connectivity index (χ1) is 37.6. The number of hydrogen-bond donors (Lipinski definition) is 3. The van der Waals surface area contributed by atoms with Crippen molar-refractivity contribution in [3.8, 4) is 0 Å². The Labute approximate surface area is 465 Å². The van der Waals surface area contributed by atoms with E-state index in [4.69, 9.17) is 23.7 Å². The van der Waals surface area contributed by atoms with E-state index in [1.54, 1.807) is 0 Å². The fraction of sp³-hybridized carbons (Fsp3) is 0.631. The van der Waals surface area contributed by atoms with Crippen molar-refractivity contribution in [1.82, 2.24) is 0 Å². The fourth-order valence-corrected chi connectivity index (χ4v) is 8.02. The molecule has 1 aliphatic heterocycles. The number of carboxylic acid groups (broad SMARTS) is 1. The van der Waals surface area contributed by atoms with Crippen LogP contribution in [0.1, 0.15) is 213 Å². The van der Waals surface area contributed by atoms with E-state index >= 15 is 0 Å². The average molecular weight is 1080 g/mol. The van der Waals surface area contributed by atoms with Crippen molar-refractivity contribution in [2.24, 2.45) is 0 Å². The van der Waals surface area contributed by atoms with Gasteiger partial charge in [0.2, 0.25) is 0 Å². The van der Waals surface area contributed by atoms with Gasteiger partial charge in [-0.2, -0.15) is 0 Å². The molecule has 0 bridgehead atoms. The molecule has 0 aliphatic carbocycles. The van der Waals surface area contributed by atoms with Gasteiger partial charge in [-0.25, -0.2) is 4.79 Å². The lowest BCUT2D eigenvalue weighted by Gasteiger charge is -2.40. The number of unbranched alkanes of at least 4 members (excludes halogenated alkanes) is 14. The number of esters is 3. The van der Waals surface area contributed by atoms with Gasteiger partial charge in [0.05, 0.1) is 6.61 Å². The molecule has 6 unspecified atom stereocenters. The highest BCUT2D eigenvalue weighted by Crippen LogP contribution is 2.26. The van der Waals surface area contributed by atoms with Crippen LogP contribution in [0.2, 0.25) is 0 Å². The minimum absolute atomic E-state index is 0.00986. The first-order valence-corrected chi connectivity index (χ1v) is 29.5. The summed E-state index contributed by atoms with van der Waals surface area (Å²) in [5.74, 6) is -3.25. The highest BCUT2D eigenvalue weighted by atomic mass is 16.7. The smallest absolute Gasteiger partial charge is 0.335 e. The molecule has 77 heavy (non-hydrogen) atoms. The predicted octanol–water partition coefficient (Wildman–Crippen LogP) is 15.2. The van der Waals surface area contributed by atoms with Crippen LogP contribution in [0.3, 0.4) is 0 Å². The molecule has 0 amide bonds. The van der Waals surface area contributed by atoms with E-state index in [2.05, 4.69) is 142 Å². The Balaban J connectivity index is 2.74. The van der Waals surface area contributed by atoms with Gasteiger partial charge in [-0.05, 0) is 128 Å². The summed E-state index contributed by atoms with van der Waals surface area (Å²) in [5, 5.41) is 31.5. The lowest BCUT2D eigenvalue weighted by atomic mass is 9.98. The van der Waals surface area contributed by atoms with Crippen LogP contribution < -0.4 is 0 Å². The summed E-state index contributed by atoms with van der Waals surface area (Å²) in [6, 6.07) is 0. The lowest BCUT2D eigenvalue weighted by molar-refractivity contribution is -0.301. The van der Waals surface area contributed by atoms with E-state index in [9.17, 15) is 34.5 Å². The van der Waals surface area contributed by atoms with E-state index in [-0.39, 0.29) is 25.9 Å². The zero-order valence-corrected chi connectivity index (χ0v) is 47.7. The molecule has 1 heterocycles. The zero-order valence-electron chi connectivity index (χ0n) is 47.7. The number of aliphatic carboxylic acids is 1. The third-order valence-corrected chi connectivity index (χ3v) is 12.5. The number of aliphatic hydroxyl groups is 2. The quantitative estimate of drug-likeness (QED) is 0.0228. The summed E-state index contributed by atoms with van der Waals surface area (Å²) in [5.41, 5.74) is 0. The van der Waals surface area contributed by atoms with E-state index < -0.39 is 67.3 Å². The largest absolute Gasteiger partial charge is 0.479 e. The second-order valence-corrected chi connectivity index (χ2v) is 19.5. The number of carbonyl (C=O) groups excluding carboxylic acids is 3. The Morgan fingerprint density at radius 2 is 0.818 bits per heavy atom. The maximum atomic E-state index is 13.1. The summed E-state index contributed by atoms with van der Waals surface area (Å²) in [6.07, 6.45) is 58.8. The average Bonchev–Trinajstić information content (AvgIpc) is 3.42. The van der Waals surface area contributed by atoms with Gasteiger partial charge in [-0.3, -0.25) is 14.4 Å².